The van der Waals surface area contributed by atoms with E-state index >= 15 is 0 Å². The fraction of sp³-hybridized carbons (Fsp3) is 0.600. The summed E-state index contributed by atoms with van der Waals surface area (Å²) in [5.41, 5.74) is 0.233. The summed E-state index contributed by atoms with van der Waals surface area (Å²) in [4.78, 5) is 11.7. The summed E-state index contributed by atoms with van der Waals surface area (Å²) in [5, 5.41) is 15.9. The normalized spacial score (nSPS) is 25.4. The third-order valence-electron chi connectivity index (χ3n) is 2.50. The molecule has 6 heteroatoms. The first-order chi connectivity index (χ1) is 7.66. The molecule has 0 bridgehead atoms. The van der Waals surface area contributed by atoms with Gasteiger partial charge in [0.1, 0.15) is 5.76 Å². The topological polar surface area (TPSA) is 84.6 Å². The van der Waals surface area contributed by atoms with Crippen LogP contribution in [-0.2, 0) is 4.74 Å². The van der Waals surface area contributed by atoms with Crippen molar-refractivity contribution in [2.45, 2.75) is 25.5 Å². The monoisotopic (exact) mass is 226 g/mol. The maximum atomic E-state index is 11.7. The Kier molecular flexibility index (Phi) is 3.21. The fourth-order valence-electron chi connectivity index (χ4n) is 1.61. The van der Waals surface area contributed by atoms with Gasteiger partial charge in [0.05, 0.1) is 18.8 Å². The Labute approximate surface area is 92.6 Å². The average molecular weight is 226 g/mol. The van der Waals surface area contributed by atoms with Crippen LogP contribution in [0.1, 0.15) is 22.7 Å². The molecule has 0 aromatic carbocycles. The first-order valence-corrected chi connectivity index (χ1v) is 5.17. The van der Waals surface area contributed by atoms with E-state index in [1.165, 1.54) is 0 Å². The van der Waals surface area contributed by atoms with Gasteiger partial charge in [-0.25, -0.2) is 0 Å². The zero-order valence-electron chi connectivity index (χ0n) is 8.97. The largest absolute Gasteiger partial charge is 0.389 e. The van der Waals surface area contributed by atoms with Crippen molar-refractivity contribution >= 4 is 5.91 Å². The highest BCUT2D eigenvalue weighted by Gasteiger charge is 2.26. The molecule has 2 heterocycles. The molecule has 2 N–H and O–H groups in total. The van der Waals surface area contributed by atoms with E-state index in [0.717, 1.165) is 0 Å². The van der Waals surface area contributed by atoms with Crippen molar-refractivity contribution in [2.24, 2.45) is 0 Å². The first-order valence-electron chi connectivity index (χ1n) is 5.17. The van der Waals surface area contributed by atoms with Crippen molar-refractivity contribution in [3.63, 3.8) is 0 Å². The maximum absolute atomic E-state index is 11.7. The maximum Gasteiger partial charge on any atom is 0.273 e. The SMILES string of the molecule is Cc1cc(C(=O)N[C@@H]2CCOC[C@H]2O)no1. The summed E-state index contributed by atoms with van der Waals surface area (Å²) in [5.74, 6) is 0.250. The molecule has 1 aromatic heterocycles. The predicted octanol–water partition coefficient (Wildman–Crippen LogP) is -0.137. The molecule has 0 saturated carbocycles. The zero-order chi connectivity index (χ0) is 11.5. The number of hydrogen-bond acceptors (Lipinski definition) is 5. The van der Waals surface area contributed by atoms with Crippen molar-refractivity contribution < 1.29 is 19.2 Å². The summed E-state index contributed by atoms with van der Waals surface area (Å²) in [6.07, 6.45) is -0.0605. The molecule has 0 radical (unpaired) electrons. The second kappa shape index (κ2) is 4.63. The molecule has 88 valence electrons. The lowest BCUT2D eigenvalue weighted by atomic mass is 10.1. The van der Waals surface area contributed by atoms with E-state index in [1.807, 2.05) is 0 Å². The Morgan fingerprint density at radius 3 is 3.12 bits per heavy atom. The van der Waals surface area contributed by atoms with E-state index in [9.17, 15) is 9.90 Å². The van der Waals surface area contributed by atoms with Crippen molar-refractivity contribution in [3.8, 4) is 0 Å². The zero-order valence-corrected chi connectivity index (χ0v) is 8.97. The molecule has 1 aromatic rings. The molecular formula is C10H14N2O4. The summed E-state index contributed by atoms with van der Waals surface area (Å²) in [6, 6.07) is 1.28. The lowest BCUT2D eigenvalue weighted by molar-refractivity contribution is -0.0261. The molecule has 16 heavy (non-hydrogen) atoms. The number of nitrogens with one attached hydrogen (secondary N) is 1. The quantitative estimate of drug-likeness (QED) is 0.733. The molecule has 2 rings (SSSR count). The Morgan fingerprint density at radius 2 is 2.50 bits per heavy atom. The van der Waals surface area contributed by atoms with Crippen LogP contribution in [0, 0.1) is 6.92 Å². The van der Waals surface area contributed by atoms with Crippen molar-refractivity contribution in [3.05, 3.63) is 17.5 Å². The smallest absolute Gasteiger partial charge is 0.273 e. The number of carbonyl (C=O) groups excluding carboxylic acids is 1. The van der Waals surface area contributed by atoms with Crippen LogP contribution in [0.4, 0.5) is 0 Å². The third-order valence-corrected chi connectivity index (χ3v) is 2.50. The number of aliphatic hydroxyl groups is 1. The van der Waals surface area contributed by atoms with Crippen LogP contribution >= 0.6 is 0 Å². The average Bonchev–Trinajstić information content (AvgIpc) is 2.68. The summed E-state index contributed by atoms with van der Waals surface area (Å²) >= 11 is 0. The van der Waals surface area contributed by atoms with Crippen molar-refractivity contribution in [1.29, 1.82) is 0 Å². The third kappa shape index (κ3) is 2.40. The highest BCUT2D eigenvalue weighted by molar-refractivity contribution is 5.92. The number of amides is 1. The molecular weight excluding hydrogens is 212 g/mol. The Hall–Kier alpha value is -1.40. The molecule has 2 atom stereocenters. The number of hydrogen-bond donors (Lipinski definition) is 2. The van der Waals surface area contributed by atoms with Crippen molar-refractivity contribution in [1.82, 2.24) is 10.5 Å². The number of aryl methyl sites for hydroxylation is 1. The van der Waals surface area contributed by atoms with Gasteiger partial charge in [0.2, 0.25) is 0 Å². The molecule has 1 fully saturated rings. The number of nitrogens with zero attached hydrogens (tertiary/aromatic N) is 1. The minimum atomic E-state index is -0.661. The fourth-order valence-corrected chi connectivity index (χ4v) is 1.61. The van der Waals surface area contributed by atoms with Gasteiger partial charge in [-0.05, 0) is 13.3 Å². The molecule has 1 saturated heterocycles. The molecule has 0 unspecified atom stereocenters. The van der Waals surface area contributed by atoms with Crippen LogP contribution in [0.25, 0.3) is 0 Å². The predicted molar refractivity (Wildman–Crippen MR) is 53.9 cm³/mol. The Balaban J connectivity index is 1.96. The van der Waals surface area contributed by atoms with Crippen LogP contribution in [-0.4, -0.2) is 41.5 Å². The van der Waals surface area contributed by atoms with E-state index in [1.54, 1.807) is 13.0 Å². The Bertz CT molecular complexity index is 377. The van der Waals surface area contributed by atoms with Gasteiger partial charge in [-0.2, -0.15) is 0 Å². The van der Waals surface area contributed by atoms with Gasteiger partial charge in [-0.3, -0.25) is 4.79 Å². The van der Waals surface area contributed by atoms with Crippen LogP contribution < -0.4 is 5.32 Å². The summed E-state index contributed by atoms with van der Waals surface area (Å²) < 4.78 is 9.87. The molecule has 6 nitrogen and oxygen atoms in total. The van der Waals surface area contributed by atoms with Gasteiger partial charge in [0.25, 0.3) is 5.91 Å². The molecule has 1 aliphatic rings. The van der Waals surface area contributed by atoms with Gasteiger partial charge < -0.3 is 19.7 Å². The van der Waals surface area contributed by atoms with Crippen molar-refractivity contribution in [2.75, 3.05) is 13.2 Å². The van der Waals surface area contributed by atoms with Gasteiger partial charge >= 0.3 is 0 Å². The minimum Gasteiger partial charge on any atom is -0.389 e. The standard InChI is InChI=1S/C10H14N2O4/c1-6-4-8(12-16-6)10(14)11-7-2-3-15-5-9(7)13/h4,7,9,13H,2-3,5H2,1H3,(H,11,14)/t7-,9-/m1/s1. The highest BCUT2D eigenvalue weighted by atomic mass is 16.5. The van der Waals surface area contributed by atoms with Gasteiger partial charge in [-0.15, -0.1) is 0 Å². The number of ether oxygens (including phenoxy) is 1. The second-order valence-electron chi connectivity index (χ2n) is 3.83. The summed E-state index contributed by atoms with van der Waals surface area (Å²) in [7, 11) is 0. The van der Waals surface area contributed by atoms with Crippen LogP contribution in [0.2, 0.25) is 0 Å². The molecule has 1 aliphatic heterocycles. The van der Waals surface area contributed by atoms with E-state index in [2.05, 4.69) is 10.5 Å². The van der Waals surface area contributed by atoms with Gasteiger partial charge in [0, 0.05) is 12.7 Å². The highest BCUT2D eigenvalue weighted by Crippen LogP contribution is 2.09. The van der Waals surface area contributed by atoms with Crippen LogP contribution in [0.3, 0.4) is 0 Å². The van der Waals surface area contributed by atoms with E-state index < -0.39 is 6.10 Å². The Morgan fingerprint density at radius 1 is 1.69 bits per heavy atom. The number of aliphatic hydroxyl groups excluding tert-OH is 1. The van der Waals surface area contributed by atoms with E-state index in [0.29, 0.717) is 18.8 Å². The number of rotatable bonds is 2. The minimum absolute atomic E-state index is 0.233. The molecule has 0 spiro atoms. The van der Waals surface area contributed by atoms with Gasteiger partial charge in [-0.1, -0.05) is 5.16 Å². The van der Waals surface area contributed by atoms with Gasteiger partial charge in [0.15, 0.2) is 5.69 Å². The second-order valence-corrected chi connectivity index (χ2v) is 3.83. The van der Waals surface area contributed by atoms with E-state index in [-0.39, 0.29) is 24.2 Å². The first kappa shape index (κ1) is 11.1. The lowest BCUT2D eigenvalue weighted by Gasteiger charge is -2.27. The lowest BCUT2D eigenvalue weighted by Crippen LogP contribution is -2.48. The van der Waals surface area contributed by atoms with Crippen LogP contribution in [0.5, 0.6) is 0 Å². The molecule has 1 amide bonds. The number of carbonyl (C=O) groups is 1. The molecule has 0 aliphatic carbocycles. The van der Waals surface area contributed by atoms with E-state index in [4.69, 9.17) is 9.26 Å². The van der Waals surface area contributed by atoms with Crippen LogP contribution in [0.15, 0.2) is 10.6 Å². The summed E-state index contributed by atoms with van der Waals surface area (Å²) in [6.45, 7) is 2.51. The number of aromatic nitrogens is 1.